The van der Waals surface area contributed by atoms with Crippen molar-refractivity contribution in [2.24, 2.45) is 0 Å². The van der Waals surface area contributed by atoms with Crippen molar-refractivity contribution in [3.05, 3.63) is 29.8 Å². The number of rotatable bonds is 5. The molecule has 1 saturated carbocycles. The Kier molecular flexibility index (Phi) is 5.58. The maximum absolute atomic E-state index is 13.3. The molecular formula is C19H20F3N3O4S. The summed E-state index contributed by atoms with van der Waals surface area (Å²) in [7, 11) is -4.49. The van der Waals surface area contributed by atoms with Crippen LogP contribution in [-0.4, -0.2) is 48.5 Å². The normalized spacial score (nSPS) is 23.0. The van der Waals surface area contributed by atoms with E-state index in [2.05, 4.69) is 5.32 Å². The van der Waals surface area contributed by atoms with E-state index < -0.39 is 61.7 Å². The molecule has 7 nitrogen and oxygen atoms in total. The Balaban J connectivity index is 1.93. The van der Waals surface area contributed by atoms with Crippen LogP contribution in [0.3, 0.4) is 0 Å². The van der Waals surface area contributed by atoms with Crippen molar-refractivity contribution in [2.75, 3.05) is 6.54 Å². The Labute approximate surface area is 171 Å². The van der Waals surface area contributed by atoms with Crippen molar-refractivity contribution >= 4 is 21.7 Å². The maximum Gasteiger partial charge on any atom is 0.417 e. The van der Waals surface area contributed by atoms with Gasteiger partial charge in [-0.2, -0.15) is 18.4 Å². The quantitative estimate of drug-likeness (QED) is 0.749. The van der Waals surface area contributed by atoms with Crippen LogP contribution in [0.2, 0.25) is 0 Å². The van der Waals surface area contributed by atoms with Gasteiger partial charge in [-0.05, 0) is 31.4 Å². The molecular weight excluding hydrogens is 423 g/mol. The summed E-state index contributed by atoms with van der Waals surface area (Å²) in [5.41, 5.74) is -2.30. The van der Waals surface area contributed by atoms with Gasteiger partial charge in [-0.25, -0.2) is 8.42 Å². The Bertz CT molecular complexity index is 1010. The molecule has 0 bridgehead atoms. The summed E-state index contributed by atoms with van der Waals surface area (Å²) in [6.07, 6.45) is -4.31. The highest BCUT2D eigenvalue weighted by molar-refractivity contribution is 7.92. The van der Waals surface area contributed by atoms with E-state index in [1.807, 2.05) is 6.07 Å². The number of carbonyl (C=O) groups is 2. The van der Waals surface area contributed by atoms with Gasteiger partial charge in [-0.15, -0.1) is 0 Å². The van der Waals surface area contributed by atoms with Crippen LogP contribution in [-0.2, 0) is 25.6 Å². The lowest BCUT2D eigenvalue weighted by Crippen LogP contribution is -2.49. The van der Waals surface area contributed by atoms with Crippen LogP contribution in [0.25, 0.3) is 0 Å². The third-order valence-corrected chi connectivity index (χ3v) is 7.64. The molecule has 162 valence electrons. The molecule has 2 amide bonds. The number of sulfone groups is 1. The lowest BCUT2D eigenvalue weighted by Gasteiger charge is -2.24. The van der Waals surface area contributed by atoms with Gasteiger partial charge in [0.25, 0.3) is 0 Å². The van der Waals surface area contributed by atoms with Crippen molar-refractivity contribution < 1.29 is 31.2 Å². The Morgan fingerprint density at radius 1 is 1.30 bits per heavy atom. The molecule has 1 aromatic carbocycles. The van der Waals surface area contributed by atoms with Crippen molar-refractivity contribution in [1.82, 2.24) is 10.2 Å². The van der Waals surface area contributed by atoms with Gasteiger partial charge in [0.1, 0.15) is 11.6 Å². The molecule has 0 spiro atoms. The monoisotopic (exact) mass is 443 g/mol. The summed E-state index contributed by atoms with van der Waals surface area (Å²) in [5.74, 6) is -1.16. The SMILES string of the molecule is CCC(=O)N1CC(S(=O)(=O)c2ccccc2C(F)(F)F)CC1C(=O)NC1(C#N)CC1. The van der Waals surface area contributed by atoms with Gasteiger partial charge in [0, 0.05) is 13.0 Å². The zero-order valence-corrected chi connectivity index (χ0v) is 16.9. The summed E-state index contributed by atoms with van der Waals surface area (Å²) >= 11 is 0. The predicted molar refractivity (Wildman–Crippen MR) is 98.5 cm³/mol. The van der Waals surface area contributed by atoms with Crippen LogP contribution in [0.4, 0.5) is 13.2 Å². The number of nitrogens with zero attached hydrogens (tertiary/aromatic N) is 2. The number of hydrogen-bond donors (Lipinski definition) is 1. The molecule has 0 aromatic heterocycles. The molecule has 1 N–H and O–H groups in total. The van der Waals surface area contributed by atoms with E-state index in [-0.39, 0.29) is 12.8 Å². The van der Waals surface area contributed by atoms with Gasteiger partial charge in [0.15, 0.2) is 9.84 Å². The lowest BCUT2D eigenvalue weighted by molar-refractivity contribution is -0.140. The Morgan fingerprint density at radius 2 is 1.93 bits per heavy atom. The molecule has 2 unspecified atom stereocenters. The number of amides is 2. The fourth-order valence-corrected chi connectivity index (χ4v) is 5.50. The largest absolute Gasteiger partial charge is 0.417 e. The number of halogens is 3. The van der Waals surface area contributed by atoms with Crippen LogP contribution in [0.5, 0.6) is 0 Å². The van der Waals surface area contributed by atoms with E-state index in [4.69, 9.17) is 5.26 Å². The molecule has 1 aliphatic carbocycles. The van der Waals surface area contributed by atoms with Crippen LogP contribution < -0.4 is 5.32 Å². The topological polar surface area (TPSA) is 107 Å². The highest BCUT2D eigenvalue weighted by Crippen LogP contribution is 2.38. The van der Waals surface area contributed by atoms with E-state index in [1.54, 1.807) is 0 Å². The third kappa shape index (κ3) is 4.01. The van der Waals surface area contributed by atoms with Crippen LogP contribution >= 0.6 is 0 Å². The summed E-state index contributed by atoms with van der Waals surface area (Å²) in [6, 6.07) is 4.67. The predicted octanol–water partition coefficient (Wildman–Crippen LogP) is 2.03. The number of nitriles is 1. The highest BCUT2D eigenvalue weighted by atomic mass is 32.2. The van der Waals surface area contributed by atoms with Crippen LogP contribution in [0.1, 0.15) is 38.2 Å². The summed E-state index contributed by atoms with van der Waals surface area (Å²) < 4.78 is 66.1. The fraction of sp³-hybridized carbons (Fsp3) is 0.526. The van der Waals surface area contributed by atoms with Gasteiger partial charge >= 0.3 is 6.18 Å². The van der Waals surface area contributed by atoms with Crippen LogP contribution in [0.15, 0.2) is 29.2 Å². The van der Waals surface area contributed by atoms with Gasteiger partial charge in [-0.3, -0.25) is 9.59 Å². The summed E-state index contributed by atoms with van der Waals surface area (Å²) in [4.78, 5) is 25.2. The third-order valence-electron chi connectivity index (χ3n) is 5.45. The first-order valence-electron chi connectivity index (χ1n) is 9.38. The van der Waals surface area contributed by atoms with Crippen LogP contribution in [0, 0.1) is 11.3 Å². The van der Waals surface area contributed by atoms with Crippen molar-refractivity contribution in [3.63, 3.8) is 0 Å². The fourth-order valence-electron chi connectivity index (χ4n) is 3.59. The molecule has 1 saturated heterocycles. The van der Waals surface area contributed by atoms with Gasteiger partial charge in [0.05, 0.1) is 21.8 Å². The number of alkyl halides is 3. The standard InChI is InChI=1S/C19H20F3N3O4S/c1-2-16(26)25-10-12(9-14(25)17(27)24-18(11-23)7-8-18)30(28,29)15-6-4-3-5-13(15)19(20,21)22/h3-6,12,14H,2,7-10H2,1H3,(H,24,27). The van der Waals surface area contributed by atoms with Gasteiger partial charge in [-0.1, -0.05) is 19.1 Å². The maximum atomic E-state index is 13.3. The Hall–Kier alpha value is -2.61. The van der Waals surface area contributed by atoms with Gasteiger partial charge in [0.2, 0.25) is 11.8 Å². The number of likely N-dealkylation sites (tertiary alicyclic amines) is 1. The second kappa shape index (κ2) is 7.58. The highest BCUT2D eigenvalue weighted by Gasteiger charge is 2.51. The molecule has 30 heavy (non-hydrogen) atoms. The molecule has 11 heteroatoms. The minimum absolute atomic E-state index is 0.000914. The zero-order valence-electron chi connectivity index (χ0n) is 16.1. The minimum atomic E-state index is -4.87. The molecule has 1 heterocycles. The summed E-state index contributed by atoms with van der Waals surface area (Å²) in [6.45, 7) is 1.15. The lowest BCUT2D eigenvalue weighted by atomic mass is 10.1. The molecule has 2 aliphatic rings. The molecule has 2 atom stereocenters. The van der Waals surface area contributed by atoms with E-state index >= 15 is 0 Å². The van der Waals surface area contributed by atoms with Crippen molar-refractivity contribution in [1.29, 1.82) is 5.26 Å². The molecule has 3 rings (SSSR count). The van der Waals surface area contributed by atoms with E-state index in [0.29, 0.717) is 18.9 Å². The first-order chi connectivity index (χ1) is 13.9. The van der Waals surface area contributed by atoms with E-state index in [1.165, 1.54) is 13.0 Å². The first-order valence-corrected chi connectivity index (χ1v) is 10.9. The van der Waals surface area contributed by atoms with Crippen molar-refractivity contribution in [3.8, 4) is 6.07 Å². The van der Waals surface area contributed by atoms with Crippen molar-refractivity contribution in [2.45, 2.75) is 60.5 Å². The second-order valence-electron chi connectivity index (χ2n) is 7.50. The minimum Gasteiger partial charge on any atom is -0.336 e. The average Bonchev–Trinajstić information content (AvgIpc) is 3.32. The molecule has 2 fully saturated rings. The molecule has 1 aliphatic heterocycles. The van der Waals surface area contributed by atoms with E-state index in [0.717, 1.165) is 17.0 Å². The molecule has 1 aromatic rings. The average molecular weight is 443 g/mol. The zero-order chi connectivity index (χ0) is 22.3. The molecule has 0 radical (unpaired) electrons. The second-order valence-corrected chi connectivity index (χ2v) is 9.69. The van der Waals surface area contributed by atoms with Gasteiger partial charge < -0.3 is 10.2 Å². The smallest absolute Gasteiger partial charge is 0.336 e. The number of nitrogens with one attached hydrogen (secondary N) is 1. The summed E-state index contributed by atoms with van der Waals surface area (Å²) in [5, 5.41) is 10.3. The Morgan fingerprint density at radius 3 is 2.47 bits per heavy atom. The number of benzene rings is 1. The number of hydrogen-bond acceptors (Lipinski definition) is 5. The number of carbonyl (C=O) groups excluding carboxylic acids is 2. The van der Waals surface area contributed by atoms with E-state index in [9.17, 15) is 31.2 Å². The first kappa shape index (κ1) is 22.1.